The first-order valence-corrected chi connectivity index (χ1v) is 8.08. The molecule has 0 radical (unpaired) electrons. The molecule has 20 heavy (non-hydrogen) atoms. The second-order valence-corrected chi connectivity index (χ2v) is 7.06. The predicted octanol–water partition coefficient (Wildman–Crippen LogP) is 2.00. The van der Waals surface area contributed by atoms with E-state index in [-0.39, 0.29) is 11.4 Å². The Morgan fingerprint density at radius 2 is 1.90 bits per heavy atom. The minimum atomic E-state index is -0.129. The van der Waals surface area contributed by atoms with E-state index in [1.54, 1.807) is 0 Å². The van der Waals surface area contributed by atoms with Gasteiger partial charge in [-0.05, 0) is 66.1 Å². The number of likely N-dealkylation sites (tertiary alicyclic amines) is 1. The van der Waals surface area contributed by atoms with Gasteiger partial charge in [-0.3, -0.25) is 4.79 Å². The first kappa shape index (κ1) is 17.4. The number of nitrogens with one attached hydrogen (secondary N) is 2. The van der Waals surface area contributed by atoms with Gasteiger partial charge in [0.1, 0.15) is 0 Å². The summed E-state index contributed by atoms with van der Waals surface area (Å²) in [6.07, 6.45) is 3.11. The normalized spacial score (nSPS) is 19.9. The quantitative estimate of drug-likeness (QED) is 0.784. The van der Waals surface area contributed by atoms with Gasteiger partial charge >= 0.3 is 0 Å². The van der Waals surface area contributed by atoms with Gasteiger partial charge in [0, 0.05) is 24.5 Å². The molecule has 1 unspecified atom stereocenters. The Hall–Kier alpha value is -0.610. The van der Waals surface area contributed by atoms with E-state index in [2.05, 4.69) is 29.4 Å². The van der Waals surface area contributed by atoms with Crippen molar-refractivity contribution in [1.29, 1.82) is 0 Å². The fraction of sp³-hybridized carbons (Fsp3) is 0.938. The predicted molar refractivity (Wildman–Crippen MR) is 84.8 cm³/mol. The number of hydrogen-bond acceptors (Lipinski definition) is 3. The summed E-state index contributed by atoms with van der Waals surface area (Å²) in [6, 6.07) is 0.511. The number of hydrogen-bond donors (Lipinski definition) is 2. The van der Waals surface area contributed by atoms with Crippen LogP contribution in [0.4, 0.5) is 0 Å². The molecule has 1 rings (SSSR count). The van der Waals surface area contributed by atoms with Crippen molar-refractivity contribution < 1.29 is 4.79 Å². The summed E-state index contributed by atoms with van der Waals surface area (Å²) in [4.78, 5) is 14.3. The van der Waals surface area contributed by atoms with Gasteiger partial charge in [-0.2, -0.15) is 0 Å². The van der Waals surface area contributed by atoms with Gasteiger partial charge in [0.05, 0.1) is 0 Å². The van der Waals surface area contributed by atoms with Crippen LogP contribution < -0.4 is 10.6 Å². The van der Waals surface area contributed by atoms with Crippen molar-refractivity contribution >= 4 is 5.91 Å². The first-order chi connectivity index (χ1) is 9.31. The maximum Gasteiger partial charge on any atom is 0.221 e. The minimum absolute atomic E-state index is 0.129. The van der Waals surface area contributed by atoms with Gasteiger partial charge in [-0.15, -0.1) is 0 Å². The van der Waals surface area contributed by atoms with Gasteiger partial charge < -0.3 is 15.5 Å². The second-order valence-electron chi connectivity index (χ2n) is 7.06. The molecular formula is C16H33N3O. The highest BCUT2D eigenvalue weighted by Crippen LogP contribution is 2.20. The molecule has 1 heterocycles. The molecule has 1 aliphatic rings. The van der Waals surface area contributed by atoms with Crippen LogP contribution in [0, 0.1) is 5.92 Å². The highest BCUT2D eigenvalue weighted by Gasteiger charge is 2.23. The van der Waals surface area contributed by atoms with Crippen LogP contribution in [0.1, 0.15) is 53.9 Å². The third kappa shape index (κ3) is 6.71. The number of carbonyl (C=O) groups is 1. The number of nitrogens with zero attached hydrogens (tertiary/aromatic N) is 1. The Kier molecular flexibility index (Phi) is 6.96. The molecule has 4 nitrogen and oxygen atoms in total. The number of piperidine rings is 1. The van der Waals surface area contributed by atoms with Crippen LogP contribution in [0.3, 0.4) is 0 Å². The van der Waals surface area contributed by atoms with Gasteiger partial charge in [-0.1, -0.05) is 6.92 Å². The van der Waals surface area contributed by atoms with Crippen LogP contribution in [-0.2, 0) is 4.79 Å². The fourth-order valence-electron chi connectivity index (χ4n) is 2.83. The Bertz CT molecular complexity index is 291. The van der Waals surface area contributed by atoms with Crippen LogP contribution in [0.2, 0.25) is 0 Å². The van der Waals surface area contributed by atoms with Crippen molar-refractivity contribution in [2.75, 3.05) is 26.2 Å². The third-order valence-electron chi connectivity index (χ3n) is 4.12. The number of rotatable bonds is 6. The molecule has 0 aliphatic carbocycles. The molecule has 2 N–H and O–H groups in total. The zero-order valence-corrected chi connectivity index (χ0v) is 14.0. The standard InChI is InChI=1S/C16H33N3O/c1-6-19-11-8-14(9-12-19)13(2)17-10-7-15(20)18-16(3,4)5/h13-14,17H,6-12H2,1-5H3,(H,18,20). The molecule has 1 aliphatic heterocycles. The maximum atomic E-state index is 11.7. The summed E-state index contributed by atoms with van der Waals surface area (Å²) in [5.74, 6) is 0.890. The van der Waals surface area contributed by atoms with E-state index in [0.717, 1.165) is 12.5 Å². The molecule has 0 aromatic carbocycles. The summed E-state index contributed by atoms with van der Waals surface area (Å²) in [5, 5.41) is 6.52. The molecule has 0 aromatic rings. The average molecular weight is 283 g/mol. The Labute approximate surface area is 124 Å². The largest absolute Gasteiger partial charge is 0.351 e. The van der Waals surface area contributed by atoms with E-state index < -0.39 is 0 Å². The van der Waals surface area contributed by atoms with Crippen LogP contribution in [0.15, 0.2) is 0 Å². The molecule has 1 amide bonds. The van der Waals surface area contributed by atoms with E-state index in [1.165, 1.54) is 32.5 Å². The topological polar surface area (TPSA) is 44.4 Å². The number of carbonyl (C=O) groups excluding carboxylic acids is 1. The van der Waals surface area contributed by atoms with Crippen LogP contribution in [0.25, 0.3) is 0 Å². The fourth-order valence-corrected chi connectivity index (χ4v) is 2.83. The van der Waals surface area contributed by atoms with Crippen molar-refractivity contribution in [2.45, 2.75) is 65.5 Å². The molecule has 1 atom stereocenters. The van der Waals surface area contributed by atoms with Gasteiger partial charge in [0.15, 0.2) is 0 Å². The molecule has 4 heteroatoms. The lowest BCUT2D eigenvalue weighted by Crippen LogP contribution is -2.44. The van der Waals surface area contributed by atoms with Crippen molar-refractivity contribution in [3.63, 3.8) is 0 Å². The lowest BCUT2D eigenvalue weighted by Gasteiger charge is -2.34. The van der Waals surface area contributed by atoms with E-state index in [4.69, 9.17) is 0 Å². The van der Waals surface area contributed by atoms with Gasteiger partial charge in [0.2, 0.25) is 5.91 Å². The molecule has 1 fully saturated rings. The number of amides is 1. The molecule has 0 saturated carbocycles. The summed E-state index contributed by atoms with van der Waals surface area (Å²) in [6.45, 7) is 14.9. The Balaban J connectivity index is 2.17. The average Bonchev–Trinajstić information content (AvgIpc) is 2.36. The minimum Gasteiger partial charge on any atom is -0.351 e. The van der Waals surface area contributed by atoms with Crippen molar-refractivity contribution in [3.8, 4) is 0 Å². The van der Waals surface area contributed by atoms with E-state index in [9.17, 15) is 4.79 Å². The lowest BCUT2D eigenvalue weighted by molar-refractivity contribution is -0.122. The second kappa shape index (κ2) is 7.99. The van der Waals surface area contributed by atoms with Crippen molar-refractivity contribution in [1.82, 2.24) is 15.5 Å². The molecule has 118 valence electrons. The van der Waals surface area contributed by atoms with Crippen molar-refractivity contribution in [3.05, 3.63) is 0 Å². The summed E-state index contributed by atoms with van der Waals surface area (Å²) >= 11 is 0. The lowest BCUT2D eigenvalue weighted by atomic mass is 9.90. The monoisotopic (exact) mass is 283 g/mol. The van der Waals surface area contributed by atoms with Crippen LogP contribution in [0.5, 0.6) is 0 Å². The maximum absolute atomic E-state index is 11.7. The smallest absolute Gasteiger partial charge is 0.221 e. The van der Waals surface area contributed by atoms with E-state index in [0.29, 0.717) is 12.5 Å². The van der Waals surface area contributed by atoms with Crippen LogP contribution >= 0.6 is 0 Å². The molecule has 0 spiro atoms. The van der Waals surface area contributed by atoms with Crippen LogP contribution in [-0.4, -0.2) is 48.6 Å². The molecular weight excluding hydrogens is 250 g/mol. The van der Waals surface area contributed by atoms with Gasteiger partial charge in [-0.25, -0.2) is 0 Å². The zero-order chi connectivity index (χ0) is 15.2. The Morgan fingerprint density at radius 3 is 2.40 bits per heavy atom. The van der Waals surface area contributed by atoms with E-state index >= 15 is 0 Å². The highest BCUT2D eigenvalue weighted by atomic mass is 16.1. The summed E-state index contributed by atoms with van der Waals surface area (Å²) < 4.78 is 0. The zero-order valence-electron chi connectivity index (χ0n) is 14.0. The molecule has 0 aromatic heterocycles. The third-order valence-corrected chi connectivity index (χ3v) is 4.12. The summed E-state index contributed by atoms with van der Waals surface area (Å²) in [7, 11) is 0. The molecule has 0 bridgehead atoms. The van der Waals surface area contributed by atoms with Crippen molar-refractivity contribution in [2.24, 2.45) is 5.92 Å². The first-order valence-electron chi connectivity index (χ1n) is 8.08. The molecule has 1 saturated heterocycles. The van der Waals surface area contributed by atoms with E-state index in [1.807, 2.05) is 20.8 Å². The highest BCUT2D eigenvalue weighted by molar-refractivity contribution is 5.76. The van der Waals surface area contributed by atoms with Gasteiger partial charge in [0.25, 0.3) is 0 Å². The summed E-state index contributed by atoms with van der Waals surface area (Å²) in [5.41, 5.74) is -0.129. The Morgan fingerprint density at radius 1 is 1.30 bits per heavy atom. The SMILES string of the molecule is CCN1CCC(C(C)NCCC(=O)NC(C)(C)C)CC1.